The van der Waals surface area contributed by atoms with E-state index in [-0.39, 0.29) is 18.2 Å². The van der Waals surface area contributed by atoms with Crippen LogP contribution in [0.3, 0.4) is 0 Å². The summed E-state index contributed by atoms with van der Waals surface area (Å²) in [5.41, 5.74) is 0.428. The van der Waals surface area contributed by atoms with Gasteiger partial charge in [-0.05, 0) is 13.3 Å². The largest absolute Gasteiger partial charge is 0.456 e. The summed E-state index contributed by atoms with van der Waals surface area (Å²) >= 11 is 0. The average molecular weight is 213 g/mol. The van der Waals surface area contributed by atoms with Gasteiger partial charge in [-0.2, -0.15) is 0 Å². The van der Waals surface area contributed by atoms with Crippen molar-refractivity contribution in [3.05, 3.63) is 12.2 Å². The molecule has 4 nitrogen and oxygen atoms in total. The van der Waals surface area contributed by atoms with Crippen LogP contribution in [0.1, 0.15) is 20.3 Å². The van der Waals surface area contributed by atoms with Crippen LogP contribution in [0.2, 0.25) is 0 Å². The van der Waals surface area contributed by atoms with Crippen molar-refractivity contribution in [1.82, 2.24) is 5.32 Å². The third-order valence-corrected chi connectivity index (χ3v) is 2.38. The highest BCUT2D eigenvalue weighted by Gasteiger charge is 2.26. The number of hydrogen-bond donors (Lipinski definition) is 1. The van der Waals surface area contributed by atoms with Crippen molar-refractivity contribution in [2.24, 2.45) is 0 Å². The van der Waals surface area contributed by atoms with Crippen LogP contribution in [0.15, 0.2) is 12.2 Å². The summed E-state index contributed by atoms with van der Waals surface area (Å²) in [5, 5.41) is 3.21. The van der Waals surface area contributed by atoms with E-state index in [0.717, 1.165) is 19.5 Å². The van der Waals surface area contributed by atoms with Crippen LogP contribution in [0.25, 0.3) is 0 Å². The Morgan fingerprint density at radius 2 is 2.47 bits per heavy atom. The molecule has 1 heterocycles. The molecule has 0 saturated carbocycles. The lowest BCUT2D eigenvalue weighted by atomic mass is 10.1. The van der Waals surface area contributed by atoms with E-state index in [1.54, 1.807) is 6.92 Å². The Kier molecular flexibility index (Phi) is 4.78. The number of carbonyl (C=O) groups excluding carboxylic acids is 1. The van der Waals surface area contributed by atoms with Crippen molar-refractivity contribution in [1.29, 1.82) is 0 Å². The van der Waals surface area contributed by atoms with Crippen molar-refractivity contribution >= 4 is 5.97 Å². The predicted molar refractivity (Wildman–Crippen MR) is 57.6 cm³/mol. The lowest BCUT2D eigenvalue weighted by molar-refractivity contribution is -0.154. The summed E-state index contributed by atoms with van der Waals surface area (Å²) < 4.78 is 10.8. The molecule has 2 unspecified atom stereocenters. The van der Waals surface area contributed by atoms with Gasteiger partial charge in [0.2, 0.25) is 0 Å². The molecule has 1 aliphatic heterocycles. The first-order chi connectivity index (χ1) is 7.15. The van der Waals surface area contributed by atoms with Crippen LogP contribution in [-0.2, 0) is 14.3 Å². The smallest absolute Gasteiger partial charge is 0.333 e. The molecule has 0 bridgehead atoms. The zero-order valence-electron chi connectivity index (χ0n) is 9.41. The predicted octanol–water partition coefficient (Wildman–Crippen LogP) is 0.873. The van der Waals surface area contributed by atoms with Gasteiger partial charge < -0.3 is 14.8 Å². The molecule has 0 aromatic carbocycles. The zero-order valence-corrected chi connectivity index (χ0v) is 9.41. The second kappa shape index (κ2) is 5.88. The Bertz CT molecular complexity index is 234. The number of rotatable bonds is 4. The fraction of sp³-hybridized carbons (Fsp3) is 0.727. The summed E-state index contributed by atoms with van der Waals surface area (Å²) in [6, 6.07) is 0. The highest BCUT2D eigenvalue weighted by Crippen LogP contribution is 2.12. The van der Waals surface area contributed by atoms with Gasteiger partial charge in [0, 0.05) is 18.7 Å². The van der Waals surface area contributed by atoms with Gasteiger partial charge in [0.15, 0.2) is 0 Å². The van der Waals surface area contributed by atoms with Gasteiger partial charge in [0.25, 0.3) is 0 Å². The van der Waals surface area contributed by atoms with Crippen LogP contribution >= 0.6 is 0 Å². The molecular formula is C11H19NO3. The van der Waals surface area contributed by atoms with Crippen molar-refractivity contribution < 1.29 is 14.3 Å². The molecule has 0 aromatic rings. The minimum absolute atomic E-state index is 0.0351. The highest BCUT2D eigenvalue weighted by molar-refractivity contribution is 5.87. The van der Waals surface area contributed by atoms with Crippen molar-refractivity contribution in [2.75, 3.05) is 19.7 Å². The molecule has 15 heavy (non-hydrogen) atoms. The third-order valence-electron chi connectivity index (χ3n) is 2.38. The molecule has 0 aromatic heterocycles. The second-order valence-electron chi connectivity index (χ2n) is 3.75. The average Bonchev–Trinajstić information content (AvgIpc) is 2.26. The molecular weight excluding hydrogens is 194 g/mol. The van der Waals surface area contributed by atoms with Gasteiger partial charge in [-0.15, -0.1) is 0 Å². The summed E-state index contributed by atoms with van der Waals surface area (Å²) in [5.74, 6) is -0.337. The number of hydrogen-bond acceptors (Lipinski definition) is 4. The maximum absolute atomic E-state index is 11.4. The van der Waals surface area contributed by atoms with Crippen molar-refractivity contribution in [3.8, 4) is 0 Å². The van der Waals surface area contributed by atoms with Crippen LogP contribution in [0, 0.1) is 0 Å². The van der Waals surface area contributed by atoms with E-state index < -0.39 is 0 Å². The Hall–Kier alpha value is -0.870. The van der Waals surface area contributed by atoms with Gasteiger partial charge in [0.05, 0.1) is 6.61 Å². The van der Waals surface area contributed by atoms with Gasteiger partial charge in [-0.25, -0.2) is 4.79 Å². The number of nitrogens with one attached hydrogen (secondary N) is 1. The minimum atomic E-state index is -0.337. The van der Waals surface area contributed by atoms with Crippen LogP contribution in [0.5, 0.6) is 0 Å². The molecule has 0 amide bonds. The molecule has 1 N–H and O–H groups in total. The Morgan fingerprint density at radius 1 is 1.73 bits per heavy atom. The van der Waals surface area contributed by atoms with E-state index in [1.807, 2.05) is 6.92 Å². The quantitative estimate of drug-likeness (QED) is 0.556. The van der Waals surface area contributed by atoms with Gasteiger partial charge >= 0.3 is 5.97 Å². The van der Waals surface area contributed by atoms with E-state index in [9.17, 15) is 4.79 Å². The lowest BCUT2D eigenvalue weighted by Gasteiger charge is -2.30. The Labute approximate surface area is 90.6 Å². The Balaban J connectivity index is 2.46. The first-order valence-electron chi connectivity index (χ1n) is 5.34. The second-order valence-corrected chi connectivity index (χ2v) is 3.75. The fourth-order valence-electron chi connectivity index (χ4n) is 1.48. The molecule has 0 aliphatic carbocycles. The SMILES string of the molecule is C=C(C)C(=O)OC(CC)C1CNCCO1. The van der Waals surface area contributed by atoms with Gasteiger partial charge in [-0.1, -0.05) is 13.5 Å². The maximum atomic E-state index is 11.4. The van der Waals surface area contributed by atoms with Crippen LogP contribution < -0.4 is 5.32 Å². The fourth-order valence-corrected chi connectivity index (χ4v) is 1.48. The zero-order chi connectivity index (χ0) is 11.3. The first-order valence-corrected chi connectivity index (χ1v) is 5.34. The lowest BCUT2D eigenvalue weighted by Crippen LogP contribution is -2.46. The van der Waals surface area contributed by atoms with E-state index in [0.29, 0.717) is 12.2 Å². The summed E-state index contributed by atoms with van der Waals surface area (Å²) in [6.45, 7) is 9.46. The van der Waals surface area contributed by atoms with Crippen LogP contribution in [-0.4, -0.2) is 37.9 Å². The molecule has 1 fully saturated rings. The summed E-state index contributed by atoms with van der Waals surface area (Å²) in [4.78, 5) is 11.4. The maximum Gasteiger partial charge on any atom is 0.333 e. The standard InChI is InChI=1S/C11H19NO3/c1-4-9(15-11(13)8(2)3)10-7-12-5-6-14-10/h9-10,12H,2,4-7H2,1,3H3. The summed E-state index contributed by atoms with van der Waals surface area (Å²) in [6.07, 6.45) is 0.541. The van der Waals surface area contributed by atoms with Gasteiger partial charge in [0.1, 0.15) is 12.2 Å². The molecule has 1 aliphatic rings. The topological polar surface area (TPSA) is 47.6 Å². The summed E-state index contributed by atoms with van der Waals surface area (Å²) in [7, 11) is 0. The molecule has 0 spiro atoms. The first kappa shape index (κ1) is 12.2. The number of ether oxygens (including phenoxy) is 2. The Morgan fingerprint density at radius 3 is 2.93 bits per heavy atom. The molecule has 86 valence electrons. The van der Waals surface area contributed by atoms with Crippen LogP contribution in [0.4, 0.5) is 0 Å². The normalized spacial score (nSPS) is 23.2. The monoisotopic (exact) mass is 213 g/mol. The number of morpholine rings is 1. The molecule has 1 saturated heterocycles. The van der Waals surface area contributed by atoms with E-state index >= 15 is 0 Å². The number of carbonyl (C=O) groups is 1. The highest BCUT2D eigenvalue weighted by atomic mass is 16.6. The minimum Gasteiger partial charge on any atom is -0.456 e. The molecule has 1 rings (SSSR count). The molecule has 2 atom stereocenters. The van der Waals surface area contributed by atoms with E-state index in [2.05, 4.69) is 11.9 Å². The van der Waals surface area contributed by atoms with Gasteiger partial charge in [-0.3, -0.25) is 0 Å². The van der Waals surface area contributed by atoms with E-state index in [1.165, 1.54) is 0 Å². The number of esters is 1. The molecule has 4 heteroatoms. The molecule has 0 radical (unpaired) electrons. The van der Waals surface area contributed by atoms with Crippen molar-refractivity contribution in [3.63, 3.8) is 0 Å². The van der Waals surface area contributed by atoms with E-state index in [4.69, 9.17) is 9.47 Å². The van der Waals surface area contributed by atoms with Crippen molar-refractivity contribution in [2.45, 2.75) is 32.5 Å². The third kappa shape index (κ3) is 3.64.